The Kier molecular flexibility index (Phi) is 3.07. The second-order valence-corrected chi connectivity index (χ2v) is 6.42. The van der Waals surface area contributed by atoms with Crippen LogP contribution in [0.25, 0.3) is 10.9 Å². The van der Waals surface area contributed by atoms with Gasteiger partial charge in [-0.3, -0.25) is 4.98 Å². The van der Waals surface area contributed by atoms with Crippen molar-refractivity contribution in [3.63, 3.8) is 0 Å². The molecule has 2 aromatic rings. The number of aromatic nitrogens is 1. The van der Waals surface area contributed by atoms with Crippen molar-refractivity contribution in [1.82, 2.24) is 10.3 Å². The smallest absolute Gasteiger partial charge is 0.149 e. The molecule has 0 saturated carbocycles. The van der Waals surface area contributed by atoms with Crippen molar-refractivity contribution >= 4 is 16.6 Å². The fraction of sp³-hybridized carbons (Fsp3) is 0.471. The molecule has 2 aliphatic heterocycles. The molecule has 1 aromatic heterocycles. The maximum absolute atomic E-state index is 13.9. The van der Waals surface area contributed by atoms with Crippen molar-refractivity contribution in [3.8, 4) is 0 Å². The Morgan fingerprint density at radius 2 is 2.19 bits per heavy atom. The minimum atomic E-state index is -0.233. The number of para-hydroxylation sites is 1. The Labute approximate surface area is 124 Å². The van der Waals surface area contributed by atoms with Gasteiger partial charge in [0.15, 0.2) is 0 Å². The van der Waals surface area contributed by atoms with Gasteiger partial charge in [-0.1, -0.05) is 12.1 Å². The van der Waals surface area contributed by atoms with Crippen LogP contribution in [0.2, 0.25) is 0 Å². The topological polar surface area (TPSA) is 28.2 Å². The van der Waals surface area contributed by atoms with Crippen LogP contribution >= 0.6 is 0 Å². The highest BCUT2D eigenvalue weighted by molar-refractivity contribution is 5.91. The lowest BCUT2D eigenvalue weighted by molar-refractivity contribution is 0.261. The molecule has 3 nitrogen and oxygen atoms in total. The molecule has 0 radical (unpaired) electrons. The SMILES string of the molecule is Fc1cccc2c(N3CCCC4(CCNC4)C3)ccnc12. The number of hydrogen-bond donors (Lipinski definition) is 1. The van der Waals surface area contributed by atoms with E-state index in [4.69, 9.17) is 0 Å². The first-order valence-corrected chi connectivity index (χ1v) is 7.76. The van der Waals surface area contributed by atoms with Gasteiger partial charge < -0.3 is 10.2 Å². The predicted molar refractivity (Wildman–Crippen MR) is 83.1 cm³/mol. The maximum Gasteiger partial charge on any atom is 0.149 e. The summed E-state index contributed by atoms with van der Waals surface area (Å²) in [6, 6.07) is 7.27. The van der Waals surface area contributed by atoms with E-state index in [1.54, 1.807) is 12.3 Å². The van der Waals surface area contributed by atoms with Crippen molar-refractivity contribution in [2.24, 2.45) is 5.41 Å². The molecule has 1 atom stereocenters. The molecule has 21 heavy (non-hydrogen) atoms. The molecule has 1 spiro atoms. The Morgan fingerprint density at radius 1 is 1.24 bits per heavy atom. The summed E-state index contributed by atoms with van der Waals surface area (Å²) < 4.78 is 13.9. The number of nitrogens with zero attached hydrogens (tertiary/aromatic N) is 2. The summed E-state index contributed by atoms with van der Waals surface area (Å²) in [7, 11) is 0. The summed E-state index contributed by atoms with van der Waals surface area (Å²) in [5.41, 5.74) is 2.02. The largest absolute Gasteiger partial charge is 0.370 e. The minimum Gasteiger partial charge on any atom is -0.370 e. The molecule has 4 heteroatoms. The highest BCUT2D eigenvalue weighted by atomic mass is 19.1. The van der Waals surface area contributed by atoms with Crippen LogP contribution in [-0.2, 0) is 0 Å². The molecule has 0 aliphatic carbocycles. The van der Waals surface area contributed by atoms with Gasteiger partial charge in [-0.2, -0.15) is 0 Å². The van der Waals surface area contributed by atoms with Crippen molar-refractivity contribution in [1.29, 1.82) is 0 Å². The van der Waals surface area contributed by atoms with Crippen LogP contribution in [0.15, 0.2) is 30.5 Å². The van der Waals surface area contributed by atoms with E-state index in [1.807, 2.05) is 12.1 Å². The van der Waals surface area contributed by atoms with E-state index in [9.17, 15) is 4.39 Å². The Hall–Kier alpha value is -1.68. The van der Waals surface area contributed by atoms with E-state index in [0.29, 0.717) is 10.9 Å². The Balaban J connectivity index is 1.74. The van der Waals surface area contributed by atoms with Gasteiger partial charge in [-0.15, -0.1) is 0 Å². The van der Waals surface area contributed by atoms with Crippen LogP contribution in [0.3, 0.4) is 0 Å². The van der Waals surface area contributed by atoms with Crippen molar-refractivity contribution < 1.29 is 4.39 Å². The zero-order valence-corrected chi connectivity index (χ0v) is 12.1. The molecule has 110 valence electrons. The fourth-order valence-corrected chi connectivity index (χ4v) is 3.96. The fourth-order valence-electron chi connectivity index (χ4n) is 3.96. The summed E-state index contributed by atoms with van der Waals surface area (Å²) in [6.45, 7) is 4.35. The third kappa shape index (κ3) is 2.18. The number of piperidine rings is 1. The van der Waals surface area contributed by atoms with Crippen LogP contribution in [0, 0.1) is 11.2 Å². The highest BCUT2D eigenvalue weighted by Gasteiger charge is 2.38. The van der Waals surface area contributed by atoms with Crippen LogP contribution in [0.5, 0.6) is 0 Å². The molecule has 4 rings (SSSR count). The van der Waals surface area contributed by atoms with Gasteiger partial charge in [0.25, 0.3) is 0 Å². The molecule has 3 heterocycles. The number of fused-ring (bicyclic) bond motifs is 1. The predicted octanol–water partition coefficient (Wildman–Crippen LogP) is 2.95. The minimum absolute atomic E-state index is 0.233. The molecule has 2 fully saturated rings. The molecule has 0 bridgehead atoms. The number of nitrogens with one attached hydrogen (secondary N) is 1. The Bertz CT molecular complexity index is 664. The van der Waals surface area contributed by atoms with Crippen LogP contribution in [-0.4, -0.2) is 31.2 Å². The van der Waals surface area contributed by atoms with Gasteiger partial charge in [-0.25, -0.2) is 4.39 Å². The zero-order valence-electron chi connectivity index (χ0n) is 12.1. The average Bonchev–Trinajstić information content (AvgIpc) is 2.95. The normalized spacial score (nSPS) is 25.9. The second kappa shape index (κ2) is 4.95. The van der Waals surface area contributed by atoms with Gasteiger partial charge in [0.05, 0.1) is 0 Å². The third-order valence-corrected chi connectivity index (χ3v) is 5.03. The number of halogens is 1. The number of pyridine rings is 1. The second-order valence-electron chi connectivity index (χ2n) is 6.42. The number of rotatable bonds is 1. The summed E-state index contributed by atoms with van der Waals surface area (Å²) in [4.78, 5) is 6.64. The molecule has 1 N–H and O–H groups in total. The monoisotopic (exact) mass is 285 g/mol. The van der Waals surface area contributed by atoms with Gasteiger partial charge in [0.1, 0.15) is 11.3 Å². The highest BCUT2D eigenvalue weighted by Crippen LogP contribution is 2.38. The summed E-state index contributed by atoms with van der Waals surface area (Å²) in [6.07, 6.45) is 5.49. The van der Waals surface area contributed by atoms with E-state index in [2.05, 4.69) is 15.2 Å². The summed E-state index contributed by atoms with van der Waals surface area (Å²) in [5, 5.41) is 4.43. The zero-order chi connectivity index (χ0) is 14.3. The van der Waals surface area contributed by atoms with Crippen molar-refractivity contribution in [2.75, 3.05) is 31.1 Å². The first kappa shape index (κ1) is 13.0. The van der Waals surface area contributed by atoms with Crippen molar-refractivity contribution in [2.45, 2.75) is 19.3 Å². The number of hydrogen-bond acceptors (Lipinski definition) is 3. The maximum atomic E-state index is 13.9. The van der Waals surface area contributed by atoms with E-state index in [-0.39, 0.29) is 5.82 Å². The van der Waals surface area contributed by atoms with E-state index >= 15 is 0 Å². The Morgan fingerprint density at radius 3 is 3.05 bits per heavy atom. The number of anilines is 1. The molecular formula is C17H20FN3. The van der Waals surface area contributed by atoms with Gasteiger partial charge >= 0.3 is 0 Å². The van der Waals surface area contributed by atoms with Crippen LogP contribution < -0.4 is 10.2 Å². The number of benzene rings is 1. The molecule has 0 amide bonds. The average molecular weight is 285 g/mol. The summed E-state index contributed by atoms with van der Waals surface area (Å²) >= 11 is 0. The van der Waals surface area contributed by atoms with E-state index in [1.165, 1.54) is 25.3 Å². The third-order valence-electron chi connectivity index (χ3n) is 5.03. The van der Waals surface area contributed by atoms with Gasteiger partial charge in [0, 0.05) is 42.3 Å². The molecule has 2 aliphatic rings. The van der Waals surface area contributed by atoms with Gasteiger partial charge in [0.2, 0.25) is 0 Å². The van der Waals surface area contributed by atoms with Crippen LogP contribution in [0.1, 0.15) is 19.3 Å². The quantitative estimate of drug-likeness (QED) is 0.873. The molecule has 1 aromatic carbocycles. The molecule has 1 unspecified atom stereocenters. The van der Waals surface area contributed by atoms with E-state index < -0.39 is 0 Å². The lowest BCUT2D eigenvalue weighted by Crippen LogP contribution is -2.44. The summed E-state index contributed by atoms with van der Waals surface area (Å²) in [5.74, 6) is -0.233. The molecular weight excluding hydrogens is 265 g/mol. The molecule has 2 saturated heterocycles. The first-order valence-electron chi connectivity index (χ1n) is 7.76. The lowest BCUT2D eigenvalue weighted by Gasteiger charge is -2.41. The van der Waals surface area contributed by atoms with Gasteiger partial charge in [-0.05, 0) is 37.9 Å². The first-order chi connectivity index (χ1) is 10.3. The van der Waals surface area contributed by atoms with Crippen molar-refractivity contribution in [3.05, 3.63) is 36.3 Å². The lowest BCUT2D eigenvalue weighted by atomic mass is 9.79. The standard InChI is InChI=1S/C17H20FN3/c18-14-4-1-3-13-15(5-8-20-16(13)14)21-10-2-6-17(12-21)7-9-19-11-17/h1,3-5,8,19H,2,6-7,9-12H2. The van der Waals surface area contributed by atoms with Crippen LogP contribution in [0.4, 0.5) is 10.1 Å². The van der Waals surface area contributed by atoms with E-state index in [0.717, 1.165) is 37.3 Å².